The Morgan fingerprint density at radius 1 is 0.840 bits per heavy atom. The first-order valence-electron chi connectivity index (χ1n) is 7.65. The van der Waals surface area contributed by atoms with Crippen molar-refractivity contribution in [3.05, 3.63) is 78.0 Å². The lowest BCUT2D eigenvalue weighted by Gasteiger charge is -2.09. The molecule has 3 aromatic rings. The predicted molar refractivity (Wildman–Crippen MR) is 94.5 cm³/mol. The Morgan fingerprint density at radius 3 is 2.20 bits per heavy atom. The molecule has 0 spiro atoms. The number of aromatic nitrogens is 1. The van der Waals surface area contributed by atoms with Gasteiger partial charge in [0.25, 0.3) is 0 Å². The van der Waals surface area contributed by atoms with Gasteiger partial charge in [0.1, 0.15) is 16.4 Å². The Morgan fingerprint density at radius 2 is 1.56 bits per heavy atom. The van der Waals surface area contributed by atoms with Crippen molar-refractivity contribution in [2.45, 2.75) is 18.7 Å². The molecule has 0 aliphatic carbocycles. The Kier molecular flexibility index (Phi) is 4.72. The summed E-state index contributed by atoms with van der Waals surface area (Å²) in [4.78, 5) is 4.19. The van der Waals surface area contributed by atoms with Crippen LogP contribution in [-0.2, 0) is 10.1 Å². The molecule has 6 heteroatoms. The van der Waals surface area contributed by atoms with Gasteiger partial charge < -0.3 is 8.92 Å². The molecule has 1 heterocycles. The first-order valence-corrected chi connectivity index (χ1v) is 9.05. The minimum Gasteiger partial charge on any atom is -0.439 e. The van der Waals surface area contributed by atoms with Gasteiger partial charge in [-0.2, -0.15) is 8.42 Å². The van der Waals surface area contributed by atoms with Crippen molar-refractivity contribution < 1.29 is 17.3 Å². The number of hydrogen-bond donors (Lipinski definition) is 0. The molecule has 0 saturated carbocycles. The summed E-state index contributed by atoms with van der Waals surface area (Å²) in [5.74, 6) is 1.21. The average Bonchev–Trinajstić information content (AvgIpc) is 2.60. The summed E-state index contributed by atoms with van der Waals surface area (Å²) < 4.78 is 35.5. The van der Waals surface area contributed by atoms with Crippen molar-refractivity contribution in [1.82, 2.24) is 4.98 Å². The molecule has 0 unspecified atom stereocenters. The first-order chi connectivity index (χ1) is 11.9. The number of nitrogens with zero attached hydrogens (tertiary/aromatic N) is 1. The highest BCUT2D eigenvalue weighted by molar-refractivity contribution is 7.87. The van der Waals surface area contributed by atoms with Crippen LogP contribution in [0.1, 0.15) is 11.1 Å². The lowest BCUT2D eigenvalue weighted by Crippen LogP contribution is -2.10. The number of hydrogen-bond acceptors (Lipinski definition) is 5. The molecule has 0 aliphatic heterocycles. The van der Waals surface area contributed by atoms with Crippen molar-refractivity contribution in [3.63, 3.8) is 0 Å². The van der Waals surface area contributed by atoms with Crippen molar-refractivity contribution in [2.75, 3.05) is 0 Å². The third-order valence-corrected chi connectivity index (χ3v) is 4.90. The van der Waals surface area contributed by atoms with E-state index in [2.05, 4.69) is 4.98 Å². The molecule has 0 saturated heterocycles. The summed E-state index contributed by atoms with van der Waals surface area (Å²) >= 11 is 0. The van der Waals surface area contributed by atoms with Crippen LogP contribution in [0.2, 0.25) is 0 Å². The minimum atomic E-state index is -3.88. The van der Waals surface area contributed by atoms with E-state index in [9.17, 15) is 8.42 Å². The lowest BCUT2D eigenvalue weighted by atomic mass is 10.1. The smallest absolute Gasteiger partial charge is 0.339 e. The normalized spacial score (nSPS) is 11.1. The second kappa shape index (κ2) is 6.94. The van der Waals surface area contributed by atoms with Gasteiger partial charge in [0.05, 0.1) is 0 Å². The summed E-state index contributed by atoms with van der Waals surface area (Å²) in [6, 6.07) is 16.6. The van der Waals surface area contributed by atoms with Crippen molar-refractivity contribution >= 4 is 10.1 Å². The molecular formula is C19H17NO4S. The van der Waals surface area contributed by atoms with Gasteiger partial charge in [0, 0.05) is 12.3 Å². The van der Waals surface area contributed by atoms with E-state index in [1.165, 1.54) is 18.2 Å². The van der Waals surface area contributed by atoms with Crippen molar-refractivity contribution in [2.24, 2.45) is 0 Å². The van der Waals surface area contributed by atoms with Crippen molar-refractivity contribution in [1.29, 1.82) is 0 Å². The molecule has 5 nitrogen and oxygen atoms in total. The summed E-state index contributed by atoms with van der Waals surface area (Å²) in [7, 11) is -3.88. The van der Waals surface area contributed by atoms with E-state index in [1.807, 2.05) is 19.9 Å². The summed E-state index contributed by atoms with van der Waals surface area (Å²) in [5, 5.41) is 0. The van der Waals surface area contributed by atoms with Crippen LogP contribution in [0.3, 0.4) is 0 Å². The van der Waals surface area contributed by atoms with Crippen LogP contribution in [0.15, 0.2) is 71.8 Å². The summed E-state index contributed by atoms with van der Waals surface area (Å²) in [5.41, 5.74) is 1.92. The Labute approximate surface area is 147 Å². The van der Waals surface area contributed by atoms with E-state index < -0.39 is 10.1 Å². The first kappa shape index (κ1) is 17.0. The van der Waals surface area contributed by atoms with Crippen LogP contribution < -0.4 is 8.92 Å². The maximum atomic E-state index is 12.4. The van der Waals surface area contributed by atoms with E-state index in [0.717, 1.165) is 11.1 Å². The average molecular weight is 355 g/mol. The number of rotatable bonds is 5. The molecule has 1 aromatic heterocycles. The molecule has 0 bridgehead atoms. The van der Waals surface area contributed by atoms with E-state index in [0.29, 0.717) is 11.6 Å². The maximum Gasteiger partial charge on any atom is 0.339 e. The largest absolute Gasteiger partial charge is 0.439 e. The molecule has 25 heavy (non-hydrogen) atoms. The third-order valence-electron chi connectivity index (χ3n) is 3.66. The third kappa shape index (κ3) is 4.16. The summed E-state index contributed by atoms with van der Waals surface area (Å²) in [6.07, 6.45) is 1.63. The van der Waals surface area contributed by atoms with Gasteiger partial charge in [0.15, 0.2) is 0 Å². The number of pyridine rings is 1. The van der Waals surface area contributed by atoms with Gasteiger partial charge in [-0.05, 0) is 67.4 Å². The van der Waals surface area contributed by atoms with Crippen LogP contribution in [0.5, 0.6) is 17.4 Å². The van der Waals surface area contributed by atoms with Gasteiger partial charge in [-0.25, -0.2) is 4.98 Å². The lowest BCUT2D eigenvalue weighted by molar-refractivity contribution is 0.459. The monoisotopic (exact) mass is 355 g/mol. The Hall–Kier alpha value is -2.86. The van der Waals surface area contributed by atoms with Crippen LogP contribution >= 0.6 is 0 Å². The predicted octanol–water partition coefficient (Wildman–Crippen LogP) is 4.26. The molecule has 128 valence electrons. The second-order valence-corrected chi connectivity index (χ2v) is 7.07. The molecular weight excluding hydrogens is 338 g/mol. The standard InChI is InChI=1S/C19H17NO4S/c1-14-6-11-18(13-15(14)2)25(21,22)24-17-9-7-16(8-10-17)23-19-5-3-4-12-20-19/h3-13H,1-2H3. The number of ether oxygens (including phenoxy) is 1. The van der Waals surface area contributed by atoms with E-state index >= 15 is 0 Å². The highest BCUT2D eigenvalue weighted by Gasteiger charge is 2.17. The highest BCUT2D eigenvalue weighted by atomic mass is 32.2. The zero-order valence-electron chi connectivity index (χ0n) is 13.8. The van der Waals surface area contributed by atoms with E-state index in [4.69, 9.17) is 8.92 Å². The molecule has 0 radical (unpaired) electrons. The zero-order valence-corrected chi connectivity index (χ0v) is 14.7. The topological polar surface area (TPSA) is 65.5 Å². The van der Waals surface area contributed by atoms with Crippen molar-refractivity contribution in [3.8, 4) is 17.4 Å². The fraction of sp³-hybridized carbons (Fsp3) is 0.105. The zero-order chi connectivity index (χ0) is 17.9. The number of aryl methyl sites for hydroxylation is 2. The Bertz CT molecular complexity index is 968. The van der Waals surface area contributed by atoms with Crippen LogP contribution in [-0.4, -0.2) is 13.4 Å². The summed E-state index contributed by atoms with van der Waals surface area (Å²) in [6.45, 7) is 3.78. The van der Waals surface area contributed by atoms with Crippen LogP contribution in [0, 0.1) is 13.8 Å². The van der Waals surface area contributed by atoms with Crippen LogP contribution in [0.25, 0.3) is 0 Å². The fourth-order valence-corrected chi connectivity index (χ4v) is 3.15. The molecule has 0 aliphatic rings. The van der Waals surface area contributed by atoms with Gasteiger partial charge in [-0.3, -0.25) is 0 Å². The Balaban J connectivity index is 1.75. The molecule has 0 amide bonds. The molecule has 2 aromatic carbocycles. The van der Waals surface area contributed by atoms with E-state index in [1.54, 1.807) is 42.6 Å². The van der Waals surface area contributed by atoms with E-state index in [-0.39, 0.29) is 10.6 Å². The van der Waals surface area contributed by atoms with Gasteiger partial charge in [-0.1, -0.05) is 12.1 Å². The SMILES string of the molecule is Cc1ccc(S(=O)(=O)Oc2ccc(Oc3ccccn3)cc2)cc1C. The maximum absolute atomic E-state index is 12.4. The molecule has 0 N–H and O–H groups in total. The van der Waals surface area contributed by atoms with Gasteiger partial charge >= 0.3 is 10.1 Å². The van der Waals surface area contributed by atoms with Gasteiger partial charge in [-0.15, -0.1) is 0 Å². The van der Waals surface area contributed by atoms with Crippen LogP contribution in [0.4, 0.5) is 0 Å². The minimum absolute atomic E-state index is 0.129. The van der Waals surface area contributed by atoms with Gasteiger partial charge in [0.2, 0.25) is 5.88 Å². The fourth-order valence-electron chi connectivity index (χ4n) is 2.14. The molecule has 0 atom stereocenters. The molecule has 0 fully saturated rings. The second-order valence-electron chi connectivity index (χ2n) is 5.52. The molecule has 3 rings (SSSR count). The quantitative estimate of drug-likeness (QED) is 0.640. The number of benzene rings is 2. The highest BCUT2D eigenvalue weighted by Crippen LogP contribution is 2.25.